The molecular formula is C18H19BrF3NO2. The predicted molar refractivity (Wildman–Crippen MR) is 88.9 cm³/mol. The van der Waals surface area contributed by atoms with E-state index >= 15 is 0 Å². The summed E-state index contributed by atoms with van der Waals surface area (Å²) in [5, 5.41) is 13.4. The lowest BCUT2D eigenvalue weighted by Gasteiger charge is -2.58. The molecule has 4 aliphatic rings. The lowest BCUT2D eigenvalue weighted by Crippen LogP contribution is -2.61. The Bertz CT molecular complexity index is 705. The molecule has 7 heteroatoms. The van der Waals surface area contributed by atoms with Crippen molar-refractivity contribution in [2.45, 2.75) is 49.9 Å². The molecule has 2 N–H and O–H groups in total. The number of aliphatic hydroxyl groups is 1. The van der Waals surface area contributed by atoms with Crippen LogP contribution in [-0.4, -0.2) is 22.7 Å². The van der Waals surface area contributed by atoms with Crippen LogP contribution in [0, 0.1) is 17.8 Å². The second-order valence-electron chi connectivity index (χ2n) is 7.88. The molecule has 0 saturated heterocycles. The largest absolute Gasteiger partial charge is 0.417 e. The molecule has 4 saturated carbocycles. The highest BCUT2D eigenvalue weighted by molar-refractivity contribution is 9.10. The van der Waals surface area contributed by atoms with Gasteiger partial charge in [-0.25, -0.2) is 0 Å². The van der Waals surface area contributed by atoms with Gasteiger partial charge in [-0.15, -0.1) is 0 Å². The van der Waals surface area contributed by atoms with E-state index in [-0.39, 0.29) is 27.9 Å². The molecule has 0 aliphatic heterocycles. The number of carbonyl (C=O) groups is 1. The van der Waals surface area contributed by atoms with E-state index in [4.69, 9.17) is 0 Å². The predicted octanol–water partition coefficient (Wildman–Crippen LogP) is 4.14. The van der Waals surface area contributed by atoms with Crippen LogP contribution in [0.4, 0.5) is 13.2 Å². The molecule has 2 atom stereocenters. The number of rotatable bonds is 2. The van der Waals surface area contributed by atoms with E-state index in [9.17, 15) is 23.1 Å². The summed E-state index contributed by atoms with van der Waals surface area (Å²) in [6.45, 7) is 0. The maximum Gasteiger partial charge on any atom is 0.417 e. The van der Waals surface area contributed by atoms with Gasteiger partial charge in [0.05, 0.1) is 16.7 Å². The average molecular weight is 418 g/mol. The van der Waals surface area contributed by atoms with Gasteiger partial charge in [0.2, 0.25) is 0 Å². The summed E-state index contributed by atoms with van der Waals surface area (Å²) in [5.74, 6) is 0.119. The van der Waals surface area contributed by atoms with Crippen molar-refractivity contribution in [3.8, 4) is 0 Å². The molecule has 1 aromatic carbocycles. The minimum absolute atomic E-state index is 0.144. The molecule has 3 nitrogen and oxygen atoms in total. The summed E-state index contributed by atoms with van der Waals surface area (Å²) in [7, 11) is 0. The lowest BCUT2D eigenvalue weighted by molar-refractivity contribution is -0.138. The third-order valence-corrected chi connectivity index (χ3v) is 6.56. The third-order valence-electron chi connectivity index (χ3n) is 6.07. The molecule has 136 valence electrons. The third kappa shape index (κ3) is 3.10. The minimum Gasteiger partial charge on any atom is -0.390 e. The first-order valence-electron chi connectivity index (χ1n) is 8.55. The molecule has 4 bridgehead atoms. The maximum atomic E-state index is 13.3. The highest BCUT2D eigenvalue weighted by atomic mass is 79.9. The maximum absolute atomic E-state index is 13.3. The highest BCUT2D eigenvalue weighted by Crippen LogP contribution is 2.55. The Labute approximate surface area is 152 Å². The monoisotopic (exact) mass is 417 g/mol. The van der Waals surface area contributed by atoms with Gasteiger partial charge in [-0.05, 0) is 68.1 Å². The molecule has 0 aromatic heterocycles. The Kier molecular flexibility index (Phi) is 3.96. The van der Waals surface area contributed by atoms with E-state index in [0.29, 0.717) is 18.8 Å². The van der Waals surface area contributed by atoms with Crippen molar-refractivity contribution in [1.29, 1.82) is 0 Å². The molecule has 5 rings (SSSR count). The molecule has 25 heavy (non-hydrogen) atoms. The quantitative estimate of drug-likeness (QED) is 0.759. The number of hydrogen-bond donors (Lipinski definition) is 2. The van der Waals surface area contributed by atoms with E-state index < -0.39 is 23.2 Å². The van der Waals surface area contributed by atoms with Crippen molar-refractivity contribution in [3.05, 3.63) is 33.8 Å². The van der Waals surface area contributed by atoms with Gasteiger partial charge < -0.3 is 10.4 Å². The van der Waals surface area contributed by atoms with Crippen molar-refractivity contribution in [1.82, 2.24) is 5.32 Å². The van der Waals surface area contributed by atoms with Crippen LogP contribution < -0.4 is 5.32 Å². The van der Waals surface area contributed by atoms with Crippen LogP contribution >= 0.6 is 15.9 Å². The van der Waals surface area contributed by atoms with Crippen LogP contribution in [0.25, 0.3) is 0 Å². The van der Waals surface area contributed by atoms with Crippen LogP contribution in [0.5, 0.6) is 0 Å². The van der Waals surface area contributed by atoms with Crippen molar-refractivity contribution < 1.29 is 23.1 Å². The summed E-state index contributed by atoms with van der Waals surface area (Å²) in [4.78, 5) is 12.6. The Morgan fingerprint density at radius 3 is 2.40 bits per heavy atom. The van der Waals surface area contributed by atoms with Crippen LogP contribution in [0.2, 0.25) is 0 Å². The first-order chi connectivity index (χ1) is 11.6. The van der Waals surface area contributed by atoms with Gasteiger partial charge in [0.25, 0.3) is 5.91 Å². The fourth-order valence-corrected chi connectivity index (χ4v) is 5.76. The van der Waals surface area contributed by atoms with E-state index in [1.54, 1.807) is 0 Å². The van der Waals surface area contributed by atoms with Crippen LogP contribution in [0.15, 0.2) is 22.7 Å². The summed E-state index contributed by atoms with van der Waals surface area (Å²) >= 11 is 3.03. The van der Waals surface area contributed by atoms with E-state index in [1.807, 2.05) is 0 Å². The average Bonchev–Trinajstić information content (AvgIpc) is 2.48. The smallest absolute Gasteiger partial charge is 0.390 e. The second-order valence-corrected chi connectivity index (χ2v) is 8.80. The number of halogens is 4. The van der Waals surface area contributed by atoms with E-state index in [2.05, 4.69) is 21.2 Å². The second kappa shape index (κ2) is 5.71. The van der Waals surface area contributed by atoms with Crippen molar-refractivity contribution in [2.24, 2.45) is 17.8 Å². The standard InChI is InChI=1S/C18H19BrF3NO2/c19-12-1-2-13(14(5-12)18(20,21)22)16(24)23-15-10-3-9-4-11(15)8-17(25,6-9)7-10/h1-2,5,9-11,15,25H,3-4,6-8H2,(H,23,24). The molecular weight excluding hydrogens is 399 g/mol. The summed E-state index contributed by atoms with van der Waals surface area (Å²) in [6, 6.07) is 3.46. The fourth-order valence-electron chi connectivity index (χ4n) is 5.40. The molecule has 4 aliphatic carbocycles. The Hall–Kier alpha value is -1.08. The Morgan fingerprint density at radius 2 is 1.84 bits per heavy atom. The normalized spacial score (nSPS) is 36.5. The molecule has 0 spiro atoms. The zero-order valence-electron chi connectivity index (χ0n) is 13.4. The van der Waals surface area contributed by atoms with Gasteiger partial charge in [0.15, 0.2) is 0 Å². The van der Waals surface area contributed by atoms with Crippen molar-refractivity contribution in [3.63, 3.8) is 0 Å². The zero-order chi connectivity index (χ0) is 18.0. The Balaban J connectivity index is 1.58. The molecule has 0 radical (unpaired) electrons. The van der Waals surface area contributed by atoms with Crippen LogP contribution in [-0.2, 0) is 6.18 Å². The van der Waals surface area contributed by atoms with Crippen molar-refractivity contribution in [2.75, 3.05) is 0 Å². The lowest BCUT2D eigenvalue weighted by atomic mass is 9.52. The summed E-state index contributed by atoms with van der Waals surface area (Å²) < 4.78 is 40.1. The molecule has 4 fully saturated rings. The minimum atomic E-state index is -4.59. The molecule has 1 amide bonds. The van der Waals surface area contributed by atoms with E-state index in [1.165, 1.54) is 12.1 Å². The molecule has 2 unspecified atom stereocenters. The van der Waals surface area contributed by atoms with Crippen LogP contribution in [0.1, 0.15) is 48.0 Å². The number of alkyl halides is 3. The number of nitrogens with one attached hydrogen (secondary N) is 1. The number of hydrogen-bond acceptors (Lipinski definition) is 2. The SMILES string of the molecule is O=C(NC1C2CC3CC1CC(O)(C3)C2)c1ccc(Br)cc1C(F)(F)F. The number of benzene rings is 1. The van der Waals surface area contributed by atoms with Gasteiger partial charge in [-0.1, -0.05) is 15.9 Å². The molecule has 0 heterocycles. The van der Waals surface area contributed by atoms with Gasteiger partial charge in [0.1, 0.15) is 0 Å². The topological polar surface area (TPSA) is 49.3 Å². The number of carbonyl (C=O) groups excluding carboxylic acids is 1. The van der Waals surface area contributed by atoms with Gasteiger partial charge >= 0.3 is 6.18 Å². The van der Waals surface area contributed by atoms with Gasteiger partial charge in [-0.2, -0.15) is 13.2 Å². The highest BCUT2D eigenvalue weighted by Gasteiger charge is 2.55. The zero-order valence-corrected chi connectivity index (χ0v) is 15.0. The van der Waals surface area contributed by atoms with Crippen molar-refractivity contribution >= 4 is 21.8 Å². The summed E-state index contributed by atoms with van der Waals surface area (Å²) in [5.41, 5.74) is -1.91. The first-order valence-corrected chi connectivity index (χ1v) is 9.34. The van der Waals surface area contributed by atoms with Gasteiger partial charge in [0, 0.05) is 10.5 Å². The fraction of sp³-hybridized carbons (Fsp3) is 0.611. The summed E-state index contributed by atoms with van der Waals surface area (Å²) in [6.07, 6.45) is -0.609. The van der Waals surface area contributed by atoms with Gasteiger partial charge in [-0.3, -0.25) is 4.79 Å². The first kappa shape index (κ1) is 17.3. The van der Waals surface area contributed by atoms with Crippen LogP contribution in [0.3, 0.4) is 0 Å². The molecule has 1 aromatic rings. The Morgan fingerprint density at radius 1 is 1.20 bits per heavy atom. The van der Waals surface area contributed by atoms with E-state index in [0.717, 1.165) is 25.3 Å². The number of amides is 1.